The van der Waals surface area contributed by atoms with Crippen LogP contribution in [0.2, 0.25) is 0 Å². The van der Waals surface area contributed by atoms with Gasteiger partial charge in [-0.15, -0.1) is 0 Å². The van der Waals surface area contributed by atoms with Crippen molar-refractivity contribution in [2.75, 3.05) is 6.54 Å². The number of nitrogens with two attached hydrogens (primary N) is 1. The second-order valence-electron chi connectivity index (χ2n) is 3.30. The van der Waals surface area contributed by atoms with E-state index in [2.05, 4.69) is 0 Å². The Kier molecular flexibility index (Phi) is 2.88. The van der Waals surface area contributed by atoms with Crippen molar-refractivity contribution in [1.29, 1.82) is 0 Å². The number of aryl methyl sites for hydroxylation is 1. The highest BCUT2D eigenvalue weighted by molar-refractivity contribution is 5.37. The normalized spacial score (nSPS) is 12.9. The molecule has 0 aliphatic heterocycles. The van der Waals surface area contributed by atoms with Crippen LogP contribution in [-0.2, 0) is 0 Å². The Morgan fingerprint density at radius 1 is 1.54 bits per heavy atom. The van der Waals surface area contributed by atoms with E-state index in [9.17, 15) is 4.39 Å². The molecule has 13 heavy (non-hydrogen) atoms. The fourth-order valence-electron chi connectivity index (χ4n) is 1.34. The molecule has 0 aliphatic carbocycles. The van der Waals surface area contributed by atoms with Gasteiger partial charge in [-0.1, -0.05) is 6.92 Å². The monoisotopic (exact) mass is 183 g/mol. The Labute approximate surface area is 77.2 Å². The zero-order valence-electron chi connectivity index (χ0n) is 7.84. The third-order valence-electron chi connectivity index (χ3n) is 2.22. The van der Waals surface area contributed by atoms with Crippen LogP contribution in [0.25, 0.3) is 0 Å². The fourth-order valence-corrected chi connectivity index (χ4v) is 1.34. The van der Waals surface area contributed by atoms with E-state index in [0.29, 0.717) is 6.54 Å². The standard InChI is InChI=1S/C10H14FNO/c1-6-3-9(11)10(13)4-8(6)7(2)5-12/h3-4,7,13H,5,12H2,1-2H3. The van der Waals surface area contributed by atoms with Crippen LogP contribution in [-0.4, -0.2) is 11.7 Å². The Hall–Kier alpha value is -1.09. The first-order valence-corrected chi connectivity index (χ1v) is 4.25. The number of rotatable bonds is 2. The second kappa shape index (κ2) is 3.75. The van der Waals surface area contributed by atoms with Gasteiger partial charge in [0.05, 0.1) is 0 Å². The molecule has 0 saturated heterocycles. The minimum absolute atomic E-state index is 0.145. The molecule has 0 amide bonds. The first-order valence-electron chi connectivity index (χ1n) is 4.25. The first-order chi connectivity index (χ1) is 6.06. The molecule has 0 aromatic heterocycles. The van der Waals surface area contributed by atoms with Gasteiger partial charge in [-0.3, -0.25) is 0 Å². The lowest BCUT2D eigenvalue weighted by molar-refractivity contribution is 0.430. The van der Waals surface area contributed by atoms with E-state index in [-0.39, 0.29) is 11.7 Å². The van der Waals surface area contributed by atoms with Gasteiger partial charge in [-0.05, 0) is 42.6 Å². The predicted molar refractivity (Wildman–Crippen MR) is 50.3 cm³/mol. The Bertz CT molecular complexity index is 312. The van der Waals surface area contributed by atoms with Crippen molar-refractivity contribution in [2.45, 2.75) is 19.8 Å². The quantitative estimate of drug-likeness (QED) is 0.735. The summed E-state index contributed by atoms with van der Waals surface area (Å²) in [6, 6.07) is 2.78. The van der Waals surface area contributed by atoms with Crippen LogP contribution in [0.1, 0.15) is 24.0 Å². The lowest BCUT2D eigenvalue weighted by Gasteiger charge is -2.12. The summed E-state index contributed by atoms with van der Waals surface area (Å²) in [6.07, 6.45) is 0. The van der Waals surface area contributed by atoms with Gasteiger partial charge in [0.25, 0.3) is 0 Å². The van der Waals surface area contributed by atoms with Crippen LogP contribution in [0.3, 0.4) is 0 Å². The minimum atomic E-state index is -0.578. The minimum Gasteiger partial charge on any atom is -0.505 e. The van der Waals surface area contributed by atoms with Crippen molar-refractivity contribution < 1.29 is 9.50 Å². The van der Waals surface area contributed by atoms with E-state index in [1.807, 2.05) is 13.8 Å². The van der Waals surface area contributed by atoms with Gasteiger partial charge in [0.1, 0.15) is 0 Å². The second-order valence-corrected chi connectivity index (χ2v) is 3.30. The molecule has 1 rings (SSSR count). The molecule has 0 radical (unpaired) electrons. The summed E-state index contributed by atoms with van der Waals surface area (Å²) < 4.78 is 12.8. The molecule has 0 aliphatic rings. The maximum atomic E-state index is 12.8. The SMILES string of the molecule is Cc1cc(F)c(O)cc1C(C)CN. The molecule has 72 valence electrons. The lowest BCUT2D eigenvalue weighted by Crippen LogP contribution is -2.10. The molecule has 0 heterocycles. The topological polar surface area (TPSA) is 46.2 Å². The number of aromatic hydroxyl groups is 1. The molecule has 2 nitrogen and oxygen atoms in total. The van der Waals surface area contributed by atoms with Gasteiger partial charge in [-0.25, -0.2) is 4.39 Å². The van der Waals surface area contributed by atoms with Gasteiger partial charge in [0.15, 0.2) is 11.6 Å². The van der Waals surface area contributed by atoms with E-state index >= 15 is 0 Å². The largest absolute Gasteiger partial charge is 0.505 e. The van der Waals surface area contributed by atoms with Gasteiger partial charge in [0, 0.05) is 0 Å². The van der Waals surface area contributed by atoms with Gasteiger partial charge >= 0.3 is 0 Å². The molecule has 0 spiro atoms. The molecule has 0 fully saturated rings. The highest BCUT2D eigenvalue weighted by atomic mass is 19.1. The number of hydrogen-bond donors (Lipinski definition) is 2. The van der Waals surface area contributed by atoms with Crippen molar-refractivity contribution >= 4 is 0 Å². The highest BCUT2D eigenvalue weighted by Crippen LogP contribution is 2.25. The summed E-state index contributed by atoms with van der Waals surface area (Å²) in [5.74, 6) is -0.738. The Balaban J connectivity index is 3.15. The smallest absolute Gasteiger partial charge is 0.165 e. The molecule has 3 N–H and O–H groups in total. The molecule has 1 unspecified atom stereocenters. The number of halogens is 1. The zero-order valence-corrected chi connectivity index (χ0v) is 7.84. The molecule has 1 atom stereocenters. The Morgan fingerprint density at radius 3 is 2.69 bits per heavy atom. The highest BCUT2D eigenvalue weighted by Gasteiger charge is 2.10. The van der Waals surface area contributed by atoms with Crippen LogP contribution in [0.15, 0.2) is 12.1 Å². The number of hydrogen-bond acceptors (Lipinski definition) is 2. The van der Waals surface area contributed by atoms with Crippen LogP contribution < -0.4 is 5.73 Å². The fraction of sp³-hybridized carbons (Fsp3) is 0.400. The number of phenols is 1. The summed E-state index contributed by atoms with van der Waals surface area (Å²) in [6.45, 7) is 4.25. The maximum Gasteiger partial charge on any atom is 0.165 e. The van der Waals surface area contributed by atoms with E-state index in [1.165, 1.54) is 12.1 Å². The Morgan fingerprint density at radius 2 is 2.15 bits per heavy atom. The van der Waals surface area contributed by atoms with Gasteiger partial charge in [0.2, 0.25) is 0 Å². The van der Waals surface area contributed by atoms with Crippen LogP contribution in [0, 0.1) is 12.7 Å². The van der Waals surface area contributed by atoms with Crippen molar-refractivity contribution in [3.05, 3.63) is 29.1 Å². The number of phenolic OH excluding ortho intramolecular Hbond substituents is 1. The molecular formula is C10H14FNO. The van der Waals surface area contributed by atoms with Crippen LogP contribution in [0.5, 0.6) is 5.75 Å². The maximum absolute atomic E-state index is 12.8. The third-order valence-corrected chi connectivity index (χ3v) is 2.22. The van der Waals surface area contributed by atoms with E-state index in [1.54, 1.807) is 0 Å². The molecule has 1 aromatic rings. The first kappa shape index (κ1) is 9.99. The zero-order chi connectivity index (χ0) is 10.0. The van der Waals surface area contributed by atoms with Gasteiger partial charge < -0.3 is 10.8 Å². The summed E-state index contributed by atoms with van der Waals surface area (Å²) in [4.78, 5) is 0. The summed E-state index contributed by atoms with van der Waals surface area (Å²) in [5, 5.41) is 9.15. The number of benzene rings is 1. The molecule has 3 heteroatoms. The summed E-state index contributed by atoms with van der Waals surface area (Å²) in [5.41, 5.74) is 7.22. The van der Waals surface area contributed by atoms with Crippen molar-refractivity contribution in [3.63, 3.8) is 0 Å². The third kappa shape index (κ3) is 1.98. The molecule has 1 aromatic carbocycles. The van der Waals surface area contributed by atoms with Crippen molar-refractivity contribution in [3.8, 4) is 5.75 Å². The molecular weight excluding hydrogens is 169 g/mol. The lowest BCUT2D eigenvalue weighted by atomic mass is 9.96. The predicted octanol–water partition coefficient (Wildman–Crippen LogP) is 1.90. The molecule has 0 saturated carbocycles. The van der Waals surface area contributed by atoms with E-state index < -0.39 is 5.82 Å². The average molecular weight is 183 g/mol. The van der Waals surface area contributed by atoms with Gasteiger partial charge in [-0.2, -0.15) is 0 Å². The summed E-state index contributed by atoms with van der Waals surface area (Å²) >= 11 is 0. The van der Waals surface area contributed by atoms with Crippen molar-refractivity contribution in [2.24, 2.45) is 5.73 Å². The van der Waals surface area contributed by atoms with E-state index in [0.717, 1.165) is 11.1 Å². The van der Waals surface area contributed by atoms with E-state index in [4.69, 9.17) is 10.8 Å². The van der Waals surface area contributed by atoms with Crippen LogP contribution >= 0.6 is 0 Å². The summed E-state index contributed by atoms with van der Waals surface area (Å²) in [7, 11) is 0. The average Bonchev–Trinajstić information content (AvgIpc) is 2.10. The molecule has 0 bridgehead atoms. The van der Waals surface area contributed by atoms with Crippen molar-refractivity contribution in [1.82, 2.24) is 0 Å². The van der Waals surface area contributed by atoms with Crippen LogP contribution in [0.4, 0.5) is 4.39 Å².